The van der Waals surface area contributed by atoms with Crippen molar-refractivity contribution in [3.05, 3.63) is 79.5 Å². The van der Waals surface area contributed by atoms with Gasteiger partial charge in [0.2, 0.25) is 0 Å². The summed E-state index contributed by atoms with van der Waals surface area (Å²) in [5.41, 5.74) is -0.297. The van der Waals surface area contributed by atoms with Crippen LogP contribution in [-0.4, -0.2) is 13.3 Å². The second-order valence-corrected chi connectivity index (χ2v) is 7.36. The Hall–Kier alpha value is -2.76. The third kappa shape index (κ3) is 4.62. The number of allylic oxidation sites excluding steroid dienone is 1. The molecular formula is C16H10ClFN2O4S. The molecule has 0 saturated heterocycles. The maximum absolute atomic E-state index is 13.9. The molecule has 128 valence electrons. The summed E-state index contributed by atoms with van der Waals surface area (Å²) in [7, 11) is -4.02. The Morgan fingerprint density at radius 3 is 2.44 bits per heavy atom. The van der Waals surface area contributed by atoms with Gasteiger partial charge in [-0.15, -0.1) is 0 Å². The van der Waals surface area contributed by atoms with Gasteiger partial charge in [-0.25, -0.2) is 12.8 Å². The molecule has 0 saturated carbocycles. The number of nitro groups is 1. The molecule has 0 N–H and O–H groups in total. The SMILES string of the molecule is N#C/C(=C/c1ccc([N+](=O)[O-])cc1F)S(=O)(=O)Cc1ccc(Cl)cc1. The van der Waals surface area contributed by atoms with Gasteiger partial charge in [0.05, 0.1) is 16.7 Å². The number of non-ortho nitro benzene ring substituents is 1. The van der Waals surface area contributed by atoms with Gasteiger partial charge in [-0.2, -0.15) is 5.26 Å². The quantitative estimate of drug-likeness (QED) is 0.445. The van der Waals surface area contributed by atoms with Crippen LogP contribution < -0.4 is 0 Å². The van der Waals surface area contributed by atoms with Crippen molar-refractivity contribution in [2.45, 2.75) is 5.75 Å². The van der Waals surface area contributed by atoms with Gasteiger partial charge in [-0.1, -0.05) is 23.7 Å². The van der Waals surface area contributed by atoms with Gasteiger partial charge in [-0.05, 0) is 29.8 Å². The van der Waals surface area contributed by atoms with Crippen LogP contribution >= 0.6 is 11.6 Å². The number of nitrogens with zero attached hydrogens (tertiary/aromatic N) is 2. The predicted molar refractivity (Wildman–Crippen MR) is 90.7 cm³/mol. The molecular weight excluding hydrogens is 371 g/mol. The average molecular weight is 381 g/mol. The lowest BCUT2D eigenvalue weighted by molar-refractivity contribution is -0.385. The van der Waals surface area contributed by atoms with Crippen LogP contribution in [0.15, 0.2) is 47.4 Å². The van der Waals surface area contributed by atoms with E-state index < -0.39 is 36.9 Å². The second-order valence-electron chi connectivity index (χ2n) is 4.97. The van der Waals surface area contributed by atoms with Gasteiger partial charge in [0, 0.05) is 16.7 Å². The number of halogens is 2. The fourth-order valence-corrected chi connectivity index (χ4v) is 3.32. The third-order valence-corrected chi connectivity index (χ3v) is 5.04. The molecule has 0 aliphatic heterocycles. The number of hydrogen-bond acceptors (Lipinski definition) is 5. The minimum Gasteiger partial charge on any atom is -0.258 e. The zero-order chi connectivity index (χ0) is 18.6. The van der Waals surface area contributed by atoms with E-state index in [1.165, 1.54) is 30.3 Å². The predicted octanol–water partition coefficient (Wildman–Crippen LogP) is 3.87. The largest absolute Gasteiger partial charge is 0.272 e. The van der Waals surface area contributed by atoms with Gasteiger partial charge < -0.3 is 0 Å². The number of rotatable bonds is 5. The summed E-state index contributed by atoms with van der Waals surface area (Å²) in [6, 6.07) is 10.3. The highest BCUT2D eigenvalue weighted by molar-refractivity contribution is 7.95. The van der Waals surface area contributed by atoms with Gasteiger partial charge in [0.25, 0.3) is 5.69 Å². The van der Waals surface area contributed by atoms with Gasteiger partial charge in [-0.3, -0.25) is 10.1 Å². The van der Waals surface area contributed by atoms with Crippen LogP contribution in [0.5, 0.6) is 0 Å². The molecule has 0 aliphatic carbocycles. The van der Waals surface area contributed by atoms with Gasteiger partial charge in [0.15, 0.2) is 9.84 Å². The molecule has 0 aromatic heterocycles. The van der Waals surface area contributed by atoms with Crippen LogP contribution in [0.1, 0.15) is 11.1 Å². The van der Waals surface area contributed by atoms with Crippen molar-refractivity contribution in [3.8, 4) is 6.07 Å². The molecule has 0 bridgehead atoms. The van der Waals surface area contributed by atoms with Crippen molar-refractivity contribution in [1.82, 2.24) is 0 Å². The topological polar surface area (TPSA) is 101 Å². The molecule has 9 heteroatoms. The molecule has 0 amide bonds. The van der Waals surface area contributed by atoms with Gasteiger partial charge in [0.1, 0.15) is 16.8 Å². The summed E-state index contributed by atoms with van der Waals surface area (Å²) < 4.78 is 38.6. The van der Waals surface area contributed by atoms with E-state index in [4.69, 9.17) is 16.9 Å². The number of benzene rings is 2. The molecule has 0 atom stereocenters. The first kappa shape index (κ1) is 18.6. The fourth-order valence-electron chi connectivity index (χ4n) is 1.96. The average Bonchev–Trinajstić information content (AvgIpc) is 2.55. The molecule has 6 nitrogen and oxygen atoms in total. The molecule has 25 heavy (non-hydrogen) atoms. The van der Waals surface area contributed by atoms with E-state index in [-0.39, 0.29) is 5.56 Å². The number of hydrogen-bond donors (Lipinski definition) is 0. The fraction of sp³-hybridized carbons (Fsp3) is 0.0625. The first-order chi connectivity index (χ1) is 11.7. The standard InChI is InChI=1S/C16H10ClFN2O4S/c17-13-4-1-11(2-5-13)10-25(23,24)15(9-19)7-12-3-6-14(20(21)22)8-16(12)18/h1-8H,10H2/b15-7-. The minimum atomic E-state index is -4.02. The van der Waals surface area contributed by atoms with Crippen LogP contribution in [0.3, 0.4) is 0 Å². The number of nitriles is 1. The monoisotopic (exact) mass is 380 g/mol. The lowest BCUT2D eigenvalue weighted by Crippen LogP contribution is -2.06. The van der Waals surface area contributed by atoms with E-state index >= 15 is 0 Å². The first-order valence-electron chi connectivity index (χ1n) is 6.76. The maximum atomic E-state index is 13.9. The van der Waals surface area contributed by atoms with Crippen LogP contribution in [0.4, 0.5) is 10.1 Å². The highest BCUT2D eigenvalue weighted by Crippen LogP contribution is 2.22. The van der Waals surface area contributed by atoms with Crippen molar-refractivity contribution in [3.63, 3.8) is 0 Å². The highest BCUT2D eigenvalue weighted by atomic mass is 35.5. The Labute approximate surface area is 147 Å². The van der Waals surface area contributed by atoms with E-state index in [2.05, 4.69) is 0 Å². The summed E-state index contributed by atoms with van der Waals surface area (Å²) in [4.78, 5) is 9.17. The van der Waals surface area contributed by atoms with Crippen LogP contribution in [0, 0.1) is 27.3 Å². The van der Waals surface area contributed by atoms with Crippen molar-refractivity contribution >= 4 is 33.2 Å². The van der Waals surface area contributed by atoms with Gasteiger partial charge >= 0.3 is 0 Å². The summed E-state index contributed by atoms with van der Waals surface area (Å²) in [6.07, 6.45) is 0.851. The van der Waals surface area contributed by atoms with Crippen molar-refractivity contribution in [1.29, 1.82) is 5.26 Å². The highest BCUT2D eigenvalue weighted by Gasteiger charge is 2.20. The summed E-state index contributed by atoms with van der Waals surface area (Å²) >= 11 is 5.73. The Balaban J connectivity index is 2.37. The molecule has 2 aromatic carbocycles. The molecule has 0 fully saturated rings. The molecule has 0 heterocycles. The second kappa shape index (κ2) is 7.42. The lowest BCUT2D eigenvalue weighted by Gasteiger charge is -2.04. The third-order valence-electron chi connectivity index (χ3n) is 3.20. The summed E-state index contributed by atoms with van der Waals surface area (Å²) in [5, 5.41) is 20.2. The zero-order valence-electron chi connectivity index (χ0n) is 12.5. The zero-order valence-corrected chi connectivity index (χ0v) is 14.1. The molecule has 2 rings (SSSR count). The Bertz CT molecular complexity index is 996. The number of nitro benzene ring substituents is 1. The smallest absolute Gasteiger partial charge is 0.258 e. The summed E-state index contributed by atoms with van der Waals surface area (Å²) in [6.45, 7) is 0. The maximum Gasteiger partial charge on any atom is 0.272 e. The van der Waals surface area contributed by atoms with E-state index in [1.54, 1.807) is 0 Å². The molecule has 0 unspecified atom stereocenters. The Kier molecular flexibility index (Phi) is 5.51. The minimum absolute atomic E-state index is 0.234. The molecule has 0 spiro atoms. The lowest BCUT2D eigenvalue weighted by atomic mass is 10.2. The van der Waals surface area contributed by atoms with Crippen LogP contribution in [0.25, 0.3) is 6.08 Å². The van der Waals surface area contributed by atoms with Crippen LogP contribution in [-0.2, 0) is 15.6 Å². The van der Waals surface area contributed by atoms with Crippen LogP contribution in [0.2, 0.25) is 5.02 Å². The molecule has 0 aliphatic rings. The van der Waals surface area contributed by atoms with Crippen molar-refractivity contribution in [2.75, 3.05) is 0 Å². The van der Waals surface area contributed by atoms with Crippen molar-refractivity contribution in [2.24, 2.45) is 0 Å². The van der Waals surface area contributed by atoms with E-state index in [0.717, 1.165) is 18.2 Å². The van der Waals surface area contributed by atoms with E-state index in [0.29, 0.717) is 16.7 Å². The summed E-state index contributed by atoms with van der Waals surface area (Å²) in [5.74, 6) is -1.46. The Morgan fingerprint density at radius 2 is 1.92 bits per heavy atom. The van der Waals surface area contributed by atoms with E-state index in [1.807, 2.05) is 0 Å². The van der Waals surface area contributed by atoms with Crippen molar-refractivity contribution < 1.29 is 17.7 Å². The normalized spacial score (nSPS) is 11.8. The molecule has 2 aromatic rings. The Morgan fingerprint density at radius 1 is 1.28 bits per heavy atom. The van der Waals surface area contributed by atoms with E-state index in [9.17, 15) is 22.9 Å². The molecule has 0 radical (unpaired) electrons. The number of sulfone groups is 1. The first-order valence-corrected chi connectivity index (χ1v) is 8.79.